The molecule has 0 bridgehead atoms. The van der Waals surface area contributed by atoms with Crippen LogP contribution in [0.5, 0.6) is 5.75 Å². The van der Waals surface area contributed by atoms with Gasteiger partial charge in [0.1, 0.15) is 5.75 Å². The van der Waals surface area contributed by atoms with Crippen LogP contribution in [0.15, 0.2) is 78.9 Å². The molecule has 0 aliphatic heterocycles. The molecule has 0 aliphatic carbocycles. The van der Waals surface area contributed by atoms with Crippen LogP contribution in [-0.4, -0.2) is 32.5 Å². The average molecular weight is 389 g/mol. The first-order chi connectivity index (χ1) is 14.1. The number of nitrogens with zero attached hydrogens (tertiary/aromatic N) is 1. The molecule has 0 aliphatic rings. The van der Waals surface area contributed by atoms with E-state index < -0.39 is 0 Å². The molecule has 0 radical (unpaired) electrons. The number of ether oxygens (including phenoxy) is 1. The minimum atomic E-state index is -0.187. The molecule has 0 atom stereocenters. The number of methoxy groups -OCH3 is 1. The van der Waals surface area contributed by atoms with E-state index in [0.717, 1.165) is 11.4 Å². The number of hydrogen-bond donors (Lipinski definition) is 2. The highest BCUT2D eigenvalue weighted by Crippen LogP contribution is 2.18. The van der Waals surface area contributed by atoms with Gasteiger partial charge in [-0.1, -0.05) is 24.3 Å². The summed E-state index contributed by atoms with van der Waals surface area (Å²) in [7, 11) is 3.33. The molecular formula is C23H23N3O3. The number of para-hydroxylation sites is 1. The molecule has 3 rings (SSSR count). The lowest BCUT2D eigenvalue weighted by atomic mass is 10.1. The lowest BCUT2D eigenvalue weighted by Gasteiger charge is -2.18. The maximum absolute atomic E-state index is 12.7. The molecule has 29 heavy (non-hydrogen) atoms. The lowest BCUT2D eigenvalue weighted by Crippen LogP contribution is -2.26. The third-order valence-electron chi connectivity index (χ3n) is 4.38. The van der Waals surface area contributed by atoms with Gasteiger partial charge < -0.3 is 20.3 Å². The molecular weight excluding hydrogens is 366 g/mol. The fraction of sp³-hybridized carbons (Fsp3) is 0.130. The Balaban J connectivity index is 1.59. The van der Waals surface area contributed by atoms with Crippen molar-refractivity contribution in [1.82, 2.24) is 0 Å². The Morgan fingerprint density at radius 2 is 1.62 bits per heavy atom. The number of hydrogen-bond acceptors (Lipinski definition) is 4. The zero-order chi connectivity index (χ0) is 20.6. The van der Waals surface area contributed by atoms with Gasteiger partial charge in [-0.2, -0.15) is 0 Å². The highest BCUT2D eigenvalue weighted by atomic mass is 16.5. The quantitative estimate of drug-likeness (QED) is 0.640. The van der Waals surface area contributed by atoms with Gasteiger partial charge in [-0.3, -0.25) is 9.59 Å². The normalized spacial score (nSPS) is 10.1. The van der Waals surface area contributed by atoms with E-state index in [9.17, 15) is 9.59 Å². The third-order valence-corrected chi connectivity index (χ3v) is 4.38. The Bertz CT molecular complexity index is 972. The minimum Gasteiger partial charge on any atom is -0.497 e. The summed E-state index contributed by atoms with van der Waals surface area (Å²) in [5.74, 6) is 0.416. The van der Waals surface area contributed by atoms with Crippen LogP contribution < -0.4 is 20.3 Å². The van der Waals surface area contributed by atoms with E-state index in [2.05, 4.69) is 10.6 Å². The standard InChI is InChI=1S/C23H23N3O3/c1-26(20-9-4-3-5-10-20)23(28)17-7-6-8-19(15-17)24-16-22(27)25-18-11-13-21(29-2)14-12-18/h3-15,24H,16H2,1-2H3,(H,25,27). The highest BCUT2D eigenvalue weighted by Gasteiger charge is 2.13. The van der Waals surface area contributed by atoms with Gasteiger partial charge in [0.2, 0.25) is 5.91 Å². The summed E-state index contributed by atoms with van der Waals surface area (Å²) in [6, 6.07) is 23.6. The smallest absolute Gasteiger partial charge is 0.258 e. The van der Waals surface area contributed by atoms with Crippen LogP contribution in [0.2, 0.25) is 0 Å². The van der Waals surface area contributed by atoms with E-state index in [-0.39, 0.29) is 18.4 Å². The number of anilines is 3. The van der Waals surface area contributed by atoms with Crippen molar-refractivity contribution in [3.63, 3.8) is 0 Å². The summed E-state index contributed by atoms with van der Waals surface area (Å²) in [5.41, 5.74) is 2.74. The van der Waals surface area contributed by atoms with Gasteiger partial charge in [-0.15, -0.1) is 0 Å². The van der Waals surface area contributed by atoms with Gasteiger partial charge in [0.05, 0.1) is 13.7 Å². The summed E-state index contributed by atoms with van der Waals surface area (Å²) in [5, 5.41) is 5.86. The van der Waals surface area contributed by atoms with Crippen LogP contribution in [0.1, 0.15) is 10.4 Å². The average Bonchev–Trinajstić information content (AvgIpc) is 2.78. The molecule has 0 fully saturated rings. The highest BCUT2D eigenvalue weighted by molar-refractivity contribution is 6.06. The molecule has 0 aromatic heterocycles. The predicted molar refractivity (Wildman–Crippen MR) is 116 cm³/mol. The Morgan fingerprint density at radius 3 is 2.31 bits per heavy atom. The summed E-state index contributed by atoms with van der Waals surface area (Å²) in [4.78, 5) is 26.5. The second-order valence-electron chi connectivity index (χ2n) is 6.41. The van der Waals surface area contributed by atoms with Crippen molar-refractivity contribution in [3.05, 3.63) is 84.4 Å². The zero-order valence-corrected chi connectivity index (χ0v) is 16.4. The van der Waals surface area contributed by atoms with Gasteiger partial charge in [-0.05, 0) is 54.6 Å². The van der Waals surface area contributed by atoms with Crippen LogP contribution in [0.25, 0.3) is 0 Å². The molecule has 6 heteroatoms. The van der Waals surface area contributed by atoms with E-state index >= 15 is 0 Å². The number of rotatable bonds is 7. The molecule has 0 spiro atoms. The third kappa shape index (κ3) is 5.35. The summed E-state index contributed by atoms with van der Waals surface area (Å²) >= 11 is 0. The SMILES string of the molecule is COc1ccc(NC(=O)CNc2cccc(C(=O)N(C)c3ccccc3)c2)cc1. The number of amides is 2. The van der Waals surface area contributed by atoms with Crippen LogP contribution in [0.3, 0.4) is 0 Å². The second kappa shape index (κ2) is 9.41. The first-order valence-corrected chi connectivity index (χ1v) is 9.18. The molecule has 6 nitrogen and oxygen atoms in total. The monoisotopic (exact) mass is 389 g/mol. The largest absolute Gasteiger partial charge is 0.497 e. The van der Waals surface area contributed by atoms with E-state index in [4.69, 9.17) is 4.74 Å². The van der Waals surface area contributed by atoms with Crippen molar-refractivity contribution in [3.8, 4) is 5.75 Å². The molecule has 0 unspecified atom stereocenters. The van der Waals surface area contributed by atoms with Gasteiger partial charge in [-0.25, -0.2) is 0 Å². The van der Waals surface area contributed by atoms with Crippen molar-refractivity contribution in [2.24, 2.45) is 0 Å². The Morgan fingerprint density at radius 1 is 0.897 bits per heavy atom. The van der Waals surface area contributed by atoms with Crippen LogP contribution in [0.4, 0.5) is 17.1 Å². The van der Waals surface area contributed by atoms with Gasteiger partial charge in [0, 0.05) is 29.7 Å². The first kappa shape index (κ1) is 19.9. The first-order valence-electron chi connectivity index (χ1n) is 9.18. The lowest BCUT2D eigenvalue weighted by molar-refractivity contribution is -0.114. The molecule has 3 aromatic rings. The second-order valence-corrected chi connectivity index (χ2v) is 6.41. The summed E-state index contributed by atoms with van der Waals surface area (Å²) in [6.07, 6.45) is 0. The molecule has 148 valence electrons. The number of benzene rings is 3. The Hall–Kier alpha value is -3.80. The molecule has 2 N–H and O–H groups in total. The van der Waals surface area contributed by atoms with Gasteiger partial charge in [0.25, 0.3) is 5.91 Å². The predicted octanol–water partition coefficient (Wildman–Crippen LogP) is 4.02. The fourth-order valence-corrected chi connectivity index (χ4v) is 2.79. The molecule has 0 saturated carbocycles. The van der Waals surface area contributed by atoms with Crippen molar-refractivity contribution >= 4 is 28.9 Å². The summed E-state index contributed by atoms with van der Waals surface area (Å²) in [6.45, 7) is 0.0815. The van der Waals surface area contributed by atoms with Crippen LogP contribution >= 0.6 is 0 Å². The molecule has 3 aromatic carbocycles. The van der Waals surface area contributed by atoms with Crippen LogP contribution in [-0.2, 0) is 4.79 Å². The van der Waals surface area contributed by atoms with Crippen molar-refractivity contribution < 1.29 is 14.3 Å². The van der Waals surface area contributed by atoms with E-state index in [1.807, 2.05) is 36.4 Å². The number of nitrogens with one attached hydrogen (secondary N) is 2. The van der Waals surface area contributed by atoms with Gasteiger partial charge >= 0.3 is 0 Å². The fourth-order valence-electron chi connectivity index (χ4n) is 2.79. The number of carbonyl (C=O) groups is 2. The maximum atomic E-state index is 12.7. The number of carbonyl (C=O) groups excluding carboxylic acids is 2. The molecule has 0 saturated heterocycles. The molecule has 0 heterocycles. The van der Waals surface area contributed by atoms with E-state index in [1.54, 1.807) is 61.5 Å². The van der Waals surface area contributed by atoms with Gasteiger partial charge in [0.15, 0.2) is 0 Å². The van der Waals surface area contributed by atoms with E-state index in [1.165, 1.54) is 0 Å². The van der Waals surface area contributed by atoms with Crippen molar-refractivity contribution in [2.45, 2.75) is 0 Å². The van der Waals surface area contributed by atoms with Crippen LogP contribution in [0, 0.1) is 0 Å². The topological polar surface area (TPSA) is 70.7 Å². The van der Waals surface area contributed by atoms with Crippen molar-refractivity contribution in [1.29, 1.82) is 0 Å². The van der Waals surface area contributed by atoms with E-state index in [0.29, 0.717) is 16.9 Å². The molecule has 2 amide bonds. The maximum Gasteiger partial charge on any atom is 0.258 e. The Kier molecular flexibility index (Phi) is 6.47. The summed E-state index contributed by atoms with van der Waals surface area (Å²) < 4.78 is 5.10. The van der Waals surface area contributed by atoms with Crippen molar-refractivity contribution in [2.75, 3.05) is 36.2 Å². The zero-order valence-electron chi connectivity index (χ0n) is 16.4. The Labute approximate surface area is 170 Å². The minimum absolute atomic E-state index is 0.0815.